The third-order valence-electron chi connectivity index (χ3n) is 2.72. The second kappa shape index (κ2) is 6.09. The lowest BCUT2D eigenvalue weighted by Crippen LogP contribution is -2.40. The molecule has 7 nitrogen and oxygen atoms in total. The number of nitro benzene ring substituents is 1. The van der Waals surface area contributed by atoms with Crippen LogP contribution in [-0.4, -0.2) is 25.9 Å². The molecule has 0 aliphatic rings. The fourth-order valence-corrected chi connectivity index (χ4v) is 2.34. The first-order chi connectivity index (χ1) is 8.74. The Morgan fingerprint density at radius 3 is 2.26 bits per heavy atom. The minimum Gasteiger partial charge on any atom is -0.326 e. The van der Waals surface area contributed by atoms with Gasteiger partial charge in [0.05, 0.1) is 9.82 Å². The number of rotatable bonds is 6. The van der Waals surface area contributed by atoms with Gasteiger partial charge in [-0.1, -0.05) is 13.8 Å². The van der Waals surface area contributed by atoms with Crippen molar-refractivity contribution in [3.8, 4) is 0 Å². The molecule has 0 fully saturated rings. The molecule has 106 valence electrons. The highest BCUT2D eigenvalue weighted by molar-refractivity contribution is 7.89. The van der Waals surface area contributed by atoms with Crippen LogP contribution in [0.1, 0.15) is 13.8 Å². The third kappa shape index (κ3) is 4.27. The van der Waals surface area contributed by atoms with Crippen LogP contribution in [0.2, 0.25) is 0 Å². The zero-order valence-electron chi connectivity index (χ0n) is 10.7. The van der Waals surface area contributed by atoms with E-state index in [2.05, 4.69) is 4.72 Å². The van der Waals surface area contributed by atoms with Gasteiger partial charge in [0.2, 0.25) is 10.0 Å². The van der Waals surface area contributed by atoms with E-state index in [0.717, 1.165) is 12.1 Å². The van der Waals surface area contributed by atoms with Gasteiger partial charge in [-0.25, -0.2) is 13.1 Å². The molecule has 8 heteroatoms. The number of nitrogens with two attached hydrogens (primary N) is 1. The average Bonchev–Trinajstić information content (AvgIpc) is 2.36. The number of hydrogen-bond acceptors (Lipinski definition) is 5. The Hall–Kier alpha value is -1.51. The number of nitrogens with zero attached hydrogens (tertiary/aromatic N) is 1. The molecule has 0 saturated heterocycles. The summed E-state index contributed by atoms with van der Waals surface area (Å²) in [5.41, 5.74) is 5.59. The number of hydrogen-bond donors (Lipinski definition) is 2. The molecule has 1 atom stereocenters. The van der Waals surface area contributed by atoms with E-state index in [1.165, 1.54) is 12.1 Å². The summed E-state index contributed by atoms with van der Waals surface area (Å²) in [7, 11) is -3.68. The summed E-state index contributed by atoms with van der Waals surface area (Å²) in [5, 5.41) is 10.5. The van der Waals surface area contributed by atoms with E-state index >= 15 is 0 Å². The maximum absolute atomic E-state index is 11.9. The van der Waals surface area contributed by atoms with Crippen molar-refractivity contribution in [1.82, 2.24) is 4.72 Å². The van der Waals surface area contributed by atoms with E-state index in [1.54, 1.807) is 0 Å². The Kier molecular flexibility index (Phi) is 4.98. The van der Waals surface area contributed by atoms with Gasteiger partial charge in [0, 0.05) is 24.7 Å². The predicted octanol–water partition coefficient (Wildman–Crippen LogP) is 0.856. The molecule has 0 aromatic heterocycles. The molecule has 0 aliphatic carbocycles. The number of sulfonamides is 1. The second-order valence-corrected chi connectivity index (χ2v) is 6.28. The summed E-state index contributed by atoms with van der Waals surface area (Å²) >= 11 is 0. The Morgan fingerprint density at radius 2 is 1.84 bits per heavy atom. The summed E-state index contributed by atoms with van der Waals surface area (Å²) < 4.78 is 26.2. The van der Waals surface area contributed by atoms with E-state index in [0.29, 0.717) is 0 Å². The zero-order chi connectivity index (χ0) is 14.6. The van der Waals surface area contributed by atoms with E-state index in [1.807, 2.05) is 13.8 Å². The molecular weight excluding hydrogens is 270 g/mol. The summed E-state index contributed by atoms with van der Waals surface area (Å²) in [4.78, 5) is 9.87. The smallest absolute Gasteiger partial charge is 0.269 e. The molecule has 0 unspecified atom stereocenters. The molecule has 0 saturated carbocycles. The van der Waals surface area contributed by atoms with Gasteiger partial charge in [0.1, 0.15) is 0 Å². The van der Waals surface area contributed by atoms with Crippen molar-refractivity contribution < 1.29 is 13.3 Å². The van der Waals surface area contributed by atoms with Crippen molar-refractivity contribution in [2.24, 2.45) is 11.7 Å². The Labute approximate surface area is 112 Å². The van der Waals surface area contributed by atoms with Gasteiger partial charge < -0.3 is 5.73 Å². The molecule has 1 rings (SSSR count). The molecule has 0 heterocycles. The molecule has 0 radical (unpaired) electrons. The minimum atomic E-state index is -3.68. The van der Waals surface area contributed by atoms with Crippen LogP contribution in [0.4, 0.5) is 5.69 Å². The molecule has 1 aromatic carbocycles. The number of benzene rings is 1. The molecule has 0 amide bonds. The molecule has 0 spiro atoms. The topological polar surface area (TPSA) is 115 Å². The quantitative estimate of drug-likeness (QED) is 0.594. The first-order valence-corrected chi connectivity index (χ1v) is 7.22. The average molecular weight is 287 g/mol. The van der Waals surface area contributed by atoms with Crippen molar-refractivity contribution in [3.05, 3.63) is 34.4 Å². The molecule has 0 aliphatic heterocycles. The van der Waals surface area contributed by atoms with Crippen molar-refractivity contribution >= 4 is 15.7 Å². The highest BCUT2D eigenvalue weighted by Gasteiger charge is 2.17. The Bertz CT molecular complexity index is 540. The molecule has 3 N–H and O–H groups in total. The fourth-order valence-electron chi connectivity index (χ4n) is 1.27. The normalized spacial score (nSPS) is 13.5. The Morgan fingerprint density at radius 1 is 1.32 bits per heavy atom. The molecule has 0 bridgehead atoms. The largest absolute Gasteiger partial charge is 0.326 e. The van der Waals surface area contributed by atoms with Gasteiger partial charge in [-0.05, 0) is 18.1 Å². The summed E-state index contributed by atoms with van der Waals surface area (Å²) in [6.45, 7) is 3.91. The van der Waals surface area contributed by atoms with Crippen LogP contribution in [0.25, 0.3) is 0 Å². The van der Waals surface area contributed by atoms with Crippen LogP contribution in [0.15, 0.2) is 29.2 Å². The molecule has 1 aromatic rings. The number of nitro groups is 1. The lowest BCUT2D eigenvalue weighted by atomic mass is 10.1. The van der Waals surface area contributed by atoms with Gasteiger partial charge in [-0.3, -0.25) is 10.1 Å². The third-order valence-corrected chi connectivity index (χ3v) is 4.16. The van der Waals surface area contributed by atoms with E-state index < -0.39 is 14.9 Å². The van der Waals surface area contributed by atoms with E-state index in [9.17, 15) is 18.5 Å². The SMILES string of the molecule is CC(C)[C@@H](N)CNS(=O)(=O)c1ccc([N+](=O)[O-])cc1. The Balaban J connectivity index is 2.80. The van der Waals surface area contributed by atoms with Crippen LogP contribution in [0.5, 0.6) is 0 Å². The highest BCUT2D eigenvalue weighted by Crippen LogP contribution is 2.15. The van der Waals surface area contributed by atoms with Crippen molar-refractivity contribution in [2.45, 2.75) is 24.8 Å². The predicted molar refractivity (Wildman–Crippen MR) is 71.1 cm³/mol. The van der Waals surface area contributed by atoms with Crippen LogP contribution < -0.4 is 10.5 Å². The van der Waals surface area contributed by atoms with Crippen LogP contribution >= 0.6 is 0 Å². The van der Waals surface area contributed by atoms with Crippen molar-refractivity contribution in [1.29, 1.82) is 0 Å². The summed E-state index contributed by atoms with van der Waals surface area (Å²) in [6.07, 6.45) is 0. The minimum absolute atomic E-state index is 0.0194. The van der Waals surface area contributed by atoms with Crippen LogP contribution in [0, 0.1) is 16.0 Å². The summed E-state index contributed by atoms with van der Waals surface area (Å²) in [6, 6.07) is 4.41. The van der Waals surface area contributed by atoms with E-state index in [4.69, 9.17) is 5.73 Å². The monoisotopic (exact) mass is 287 g/mol. The lowest BCUT2D eigenvalue weighted by molar-refractivity contribution is -0.384. The van der Waals surface area contributed by atoms with Crippen LogP contribution in [0.3, 0.4) is 0 Å². The summed E-state index contributed by atoms with van der Waals surface area (Å²) in [5.74, 6) is 0.152. The first-order valence-electron chi connectivity index (χ1n) is 5.73. The maximum atomic E-state index is 11.9. The first kappa shape index (κ1) is 15.5. The van der Waals surface area contributed by atoms with Gasteiger partial charge in [0.15, 0.2) is 0 Å². The second-order valence-electron chi connectivity index (χ2n) is 4.51. The number of non-ortho nitro benzene ring substituents is 1. The van der Waals surface area contributed by atoms with Crippen LogP contribution in [-0.2, 0) is 10.0 Å². The standard InChI is InChI=1S/C11H17N3O4S/c1-8(2)11(12)7-13-19(17,18)10-5-3-9(4-6-10)14(15)16/h3-6,8,11,13H,7,12H2,1-2H3/t11-/m0/s1. The molecular formula is C11H17N3O4S. The van der Waals surface area contributed by atoms with Gasteiger partial charge in [0.25, 0.3) is 5.69 Å². The highest BCUT2D eigenvalue weighted by atomic mass is 32.2. The van der Waals surface area contributed by atoms with Crippen molar-refractivity contribution in [3.63, 3.8) is 0 Å². The maximum Gasteiger partial charge on any atom is 0.269 e. The van der Waals surface area contributed by atoms with Gasteiger partial charge in [-0.2, -0.15) is 0 Å². The van der Waals surface area contributed by atoms with Gasteiger partial charge >= 0.3 is 0 Å². The van der Waals surface area contributed by atoms with Crippen molar-refractivity contribution in [2.75, 3.05) is 6.54 Å². The van der Waals surface area contributed by atoms with Gasteiger partial charge in [-0.15, -0.1) is 0 Å². The molecule has 19 heavy (non-hydrogen) atoms. The fraction of sp³-hybridized carbons (Fsp3) is 0.455. The van der Waals surface area contributed by atoms with E-state index in [-0.39, 0.29) is 29.1 Å². The zero-order valence-corrected chi connectivity index (χ0v) is 11.6. The lowest BCUT2D eigenvalue weighted by Gasteiger charge is -2.16. The number of nitrogens with one attached hydrogen (secondary N) is 1.